The maximum absolute atomic E-state index is 6.39. The van der Waals surface area contributed by atoms with E-state index in [1.807, 2.05) is 12.1 Å². The fourth-order valence-corrected chi connectivity index (χ4v) is 2.73. The Morgan fingerprint density at radius 1 is 1.40 bits per heavy atom. The molecule has 1 fully saturated rings. The molecule has 2 rings (SSSR count). The van der Waals surface area contributed by atoms with Crippen molar-refractivity contribution in [2.45, 2.75) is 38.1 Å². The fourth-order valence-electron chi connectivity index (χ4n) is 2.60. The van der Waals surface area contributed by atoms with E-state index < -0.39 is 0 Å². The maximum atomic E-state index is 6.39. The van der Waals surface area contributed by atoms with Gasteiger partial charge >= 0.3 is 0 Å². The van der Waals surface area contributed by atoms with E-state index in [9.17, 15) is 0 Å². The van der Waals surface area contributed by atoms with Crippen LogP contribution in [-0.4, -0.2) is 5.54 Å². The molecule has 2 heteroatoms. The summed E-state index contributed by atoms with van der Waals surface area (Å²) in [6.45, 7) is 2.29. The third-order valence-electron chi connectivity index (χ3n) is 3.36. The second kappa shape index (κ2) is 4.15. The first-order chi connectivity index (χ1) is 7.07. The van der Waals surface area contributed by atoms with E-state index in [2.05, 4.69) is 19.1 Å². The Bertz CT molecular complexity index is 333. The lowest BCUT2D eigenvalue weighted by Gasteiger charge is -2.24. The van der Waals surface area contributed by atoms with Gasteiger partial charge in [0.25, 0.3) is 0 Å². The second-order valence-electron chi connectivity index (χ2n) is 5.01. The lowest BCUT2D eigenvalue weighted by Crippen LogP contribution is -2.39. The minimum atomic E-state index is 0.0211. The first kappa shape index (κ1) is 11.0. The summed E-state index contributed by atoms with van der Waals surface area (Å²) in [5.41, 5.74) is 7.71. The molecule has 82 valence electrons. The number of halogens is 1. The Labute approximate surface area is 96.6 Å². The second-order valence-corrected chi connectivity index (χ2v) is 5.45. The summed E-state index contributed by atoms with van der Waals surface area (Å²) in [5.74, 6) is 0.780. The number of rotatable bonds is 2. The van der Waals surface area contributed by atoms with Gasteiger partial charge in [-0.2, -0.15) is 0 Å². The monoisotopic (exact) mass is 223 g/mol. The summed E-state index contributed by atoms with van der Waals surface area (Å²) in [5, 5.41) is 0.796. The van der Waals surface area contributed by atoms with Gasteiger partial charge in [0, 0.05) is 10.6 Å². The van der Waals surface area contributed by atoms with Crippen LogP contribution in [0.15, 0.2) is 24.3 Å². The molecule has 1 saturated carbocycles. The molecule has 0 amide bonds. The standard InChI is InChI=1S/C13H18ClN/c1-10-6-7-13(15,8-10)9-11-2-4-12(14)5-3-11/h2-5,10H,6-9,15H2,1H3. The third kappa shape index (κ3) is 2.73. The topological polar surface area (TPSA) is 26.0 Å². The van der Waals surface area contributed by atoms with E-state index in [0.717, 1.165) is 30.2 Å². The lowest BCUT2D eigenvalue weighted by atomic mass is 9.89. The highest BCUT2D eigenvalue weighted by molar-refractivity contribution is 6.30. The summed E-state index contributed by atoms with van der Waals surface area (Å²) in [6.07, 6.45) is 4.55. The molecule has 15 heavy (non-hydrogen) atoms. The third-order valence-corrected chi connectivity index (χ3v) is 3.61. The summed E-state index contributed by atoms with van der Waals surface area (Å²) in [4.78, 5) is 0. The van der Waals surface area contributed by atoms with Crippen LogP contribution in [-0.2, 0) is 6.42 Å². The largest absolute Gasteiger partial charge is 0.325 e. The molecule has 2 N–H and O–H groups in total. The molecule has 0 radical (unpaired) electrons. The van der Waals surface area contributed by atoms with Crippen molar-refractivity contribution < 1.29 is 0 Å². The van der Waals surface area contributed by atoms with Gasteiger partial charge in [0.1, 0.15) is 0 Å². The number of hydrogen-bond donors (Lipinski definition) is 1. The SMILES string of the molecule is CC1CCC(N)(Cc2ccc(Cl)cc2)C1. The van der Waals surface area contributed by atoms with Gasteiger partial charge in [0.2, 0.25) is 0 Å². The number of benzene rings is 1. The molecule has 1 nitrogen and oxygen atoms in total. The molecule has 0 aliphatic heterocycles. The van der Waals surface area contributed by atoms with Crippen molar-refractivity contribution in [2.75, 3.05) is 0 Å². The van der Waals surface area contributed by atoms with Crippen LogP contribution in [0.5, 0.6) is 0 Å². The van der Waals surface area contributed by atoms with Crippen LogP contribution >= 0.6 is 11.6 Å². The molecule has 2 unspecified atom stereocenters. The molecular formula is C13H18ClN. The van der Waals surface area contributed by atoms with Crippen LogP contribution in [0.2, 0.25) is 5.02 Å². The molecule has 0 heterocycles. The van der Waals surface area contributed by atoms with Crippen LogP contribution in [0, 0.1) is 5.92 Å². The molecular weight excluding hydrogens is 206 g/mol. The maximum Gasteiger partial charge on any atom is 0.0406 e. The number of hydrogen-bond acceptors (Lipinski definition) is 1. The first-order valence-electron chi connectivity index (χ1n) is 5.61. The molecule has 0 bridgehead atoms. The van der Waals surface area contributed by atoms with Crippen LogP contribution in [0.25, 0.3) is 0 Å². The van der Waals surface area contributed by atoms with E-state index >= 15 is 0 Å². The first-order valence-corrected chi connectivity index (χ1v) is 5.99. The quantitative estimate of drug-likeness (QED) is 0.817. The molecule has 0 spiro atoms. The average Bonchev–Trinajstić information content (AvgIpc) is 2.50. The minimum Gasteiger partial charge on any atom is -0.325 e. The zero-order valence-corrected chi connectivity index (χ0v) is 9.93. The summed E-state index contributed by atoms with van der Waals surface area (Å²) < 4.78 is 0. The van der Waals surface area contributed by atoms with Crippen LogP contribution in [0.4, 0.5) is 0 Å². The predicted octanol–water partition coefficient (Wildman–Crippen LogP) is 3.40. The molecule has 0 saturated heterocycles. The predicted molar refractivity (Wildman–Crippen MR) is 65.1 cm³/mol. The van der Waals surface area contributed by atoms with E-state index in [-0.39, 0.29) is 5.54 Å². The van der Waals surface area contributed by atoms with Crippen molar-refractivity contribution in [3.8, 4) is 0 Å². The molecule has 1 aromatic rings. The zero-order valence-electron chi connectivity index (χ0n) is 9.17. The van der Waals surface area contributed by atoms with Crippen molar-refractivity contribution >= 4 is 11.6 Å². The lowest BCUT2D eigenvalue weighted by molar-refractivity contribution is 0.419. The van der Waals surface area contributed by atoms with Gasteiger partial charge in [-0.3, -0.25) is 0 Å². The Morgan fingerprint density at radius 3 is 2.60 bits per heavy atom. The van der Waals surface area contributed by atoms with Crippen molar-refractivity contribution in [1.82, 2.24) is 0 Å². The Hall–Kier alpha value is -0.530. The Kier molecular flexibility index (Phi) is 3.03. The summed E-state index contributed by atoms with van der Waals surface area (Å²) in [6, 6.07) is 8.05. The van der Waals surface area contributed by atoms with Gasteiger partial charge in [-0.25, -0.2) is 0 Å². The summed E-state index contributed by atoms with van der Waals surface area (Å²) >= 11 is 5.85. The number of nitrogens with two attached hydrogens (primary N) is 1. The Morgan fingerprint density at radius 2 is 2.07 bits per heavy atom. The Balaban J connectivity index is 2.05. The van der Waals surface area contributed by atoms with Gasteiger partial charge in [-0.15, -0.1) is 0 Å². The fraction of sp³-hybridized carbons (Fsp3) is 0.538. The van der Waals surface area contributed by atoms with Crippen LogP contribution in [0.3, 0.4) is 0 Å². The molecule has 0 aromatic heterocycles. The van der Waals surface area contributed by atoms with Gasteiger partial charge in [-0.05, 0) is 49.3 Å². The van der Waals surface area contributed by atoms with Crippen molar-refractivity contribution in [1.29, 1.82) is 0 Å². The van der Waals surface area contributed by atoms with Crippen LogP contribution in [0.1, 0.15) is 31.7 Å². The highest BCUT2D eigenvalue weighted by atomic mass is 35.5. The van der Waals surface area contributed by atoms with E-state index in [1.165, 1.54) is 12.0 Å². The van der Waals surface area contributed by atoms with Gasteiger partial charge in [0.05, 0.1) is 0 Å². The van der Waals surface area contributed by atoms with Crippen LogP contribution < -0.4 is 5.73 Å². The van der Waals surface area contributed by atoms with Crippen molar-refractivity contribution in [2.24, 2.45) is 11.7 Å². The molecule has 1 aromatic carbocycles. The van der Waals surface area contributed by atoms with Gasteiger partial charge in [-0.1, -0.05) is 30.7 Å². The van der Waals surface area contributed by atoms with Crippen molar-refractivity contribution in [3.63, 3.8) is 0 Å². The normalized spacial score (nSPS) is 30.7. The molecule has 1 aliphatic rings. The summed E-state index contributed by atoms with van der Waals surface area (Å²) in [7, 11) is 0. The van der Waals surface area contributed by atoms with E-state index in [1.54, 1.807) is 0 Å². The smallest absolute Gasteiger partial charge is 0.0406 e. The van der Waals surface area contributed by atoms with E-state index in [4.69, 9.17) is 17.3 Å². The molecule has 1 aliphatic carbocycles. The van der Waals surface area contributed by atoms with Gasteiger partial charge < -0.3 is 5.73 Å². The van der Waals surface area contributed by atoms with Crippen molar-refractivity contribution in [3.05, 3.63) is 34.9 Å². The molecule has 2 atom stereocenters. The average molecular weight is 224 g/mol. The zero-order chi connectivity index (χ0) is 10.9. The van der Waals surface area contributed by atoms with Gasteiger partial charge in [0.15, 0.2) is 0 Å². The highest BCUT2D eigenvalue weighted by Crippen LogP contribution is 2.34. The highest BCUT2D eigenvalue weighted by Gasteiger charge is 2.33. The minimum absolute atomic E-state index is 0.0211. The van der Waals surface area contributed by atoms with E-state index in [0.29, 0.717) is 0 Å².